The van der Waals surface area contributed by atoms with E-state index in [9.17, 15) is 4.79 Å². The molecule has 2 fully saturated rings. The van der Waals surface area contributed by atoms with Crippen LogP contribution in [-0.2, 0) is 10.3 Å². The van der Waals surface area contributed by atoms with Gasteiger partial charge in [-0.05, 0) is 78.5 Å². The zero-order chi connectivity index (χ0) is 19.9. The molecule has 1 heterocycles. The molecule has 1 saturated carbocycles. The molecule has 1 aliphatic carbocycles. The minimum absolute atomic E-state index is 0.320. The van der Waals surface area contributed by atoms with E-state index >= 15 is 0 Å². The third-order valence-electron chi connectivity index (χ3n) is 6.52. The van der Waals surface area contributed by atoms with Crippen molar-refractivity contribution in [2.45, 2.75) is 65.0 Å². The first-order valence-electron chi connectivity index (χ1n) is 10.4. The summed E-state index contributed by atoms with van der Waals surface area (Å²) in [6.07, 6.45) is 4.73. The topological polar surface area (TPSA) is 47.6 Å². The molecule has 1 atom stereocenters. The van der Waals surface area contributed by atoms with E-state index in [1.807, 2.05) is 6.92 Å². The van der Waals surface area contributed by atoms with Gasteiger partial charge in [-0.3, -0.25) is 0 Å². The highest BCUT2D eigenvalue weighted by Gasteiger charge is 2.36. The Morgan fingerprint density at radius 1 is 1.04 bits per heavy atom. The molecule has 2 aliphatic rings. The van der Waals surface area contributed by atoms with E-state index < -0.39 is 5.54 Å². The highest BCUT2D eigenvalue weighted by Crippen LogP contribution is 2.39. The standard InChI is InChI=1S/C24H31NO3/c1-23(2,3)18-8-11-20(12-9-18)28-21-10-6-16-13-19(7-5-17(16)14-21)24(4)15-27-22(26)25-24/h5-7,10,13-14,18,20H,8-9,11-12,15H2,1-4H3,(H,25,26)/t18-,20+,24-/m1/s1. The zero-order valence-electron chi connectivity index (χ0n) is 17.4. The van der Waals surface area contributed by atoms with Crippen molar-refractivity contribution >= 4 is 16.9 Å². The molecule has 0 bridgehead atoms. The number of carbonyl (C=O) groups excluding carboxylic acids is 1. The van der Waals surface area contributed by atoms with Crippen molar-refractivity contribution in [3.8, 4) is 5.75 Å². The lowest BCUT2D eigenvalue weighted by molar-refractivity contribution is 0.0883. The predicted octanol–water partition coefficient (Wildman–Crippen LogP) is 5.78. The number of hydrogen-bond donors (Lipinski definition) is 1. The van der Waals surface area contributed by atoms with Crippen LogP contribution >= 0.6 is 0 Å². The third kappa shape index (κ3) is 3.82. The summed E-state index contributed by atoms with van der Waals surface area (Å²) in [5, 5.41) is 5.20. The maximum atomic E-state index is 11.5. The van der Waals surface area contributed by atoms with E-state index in [1.54, 1.807) is 0 Å². The largest absolute Gasteiger partial charge is 0.490 e. The molecule has 1 N–H and O–H groups in total. The molecule has 0 radical (unpaired) electrons. The van der Waals surface area contributed by atoms with Crippen molar-refractivity contribution in [3.63, 3.8) is 0 Å². The molecule has 1 saturated heterocycles. The van der Waals surface area contributed by atoms with Gasteiger partial charge >= 0.3 is 6.09 Å². The summed E-state index contributed by atoms with van der Waals surface area (Å²) in [7, 11) is 0. The second kappa shape index (κ2) is 6.98. The van der Waals surface area contributed by atoms with Gasteiger partial charge in [0, 0.05) is 0 Å². The quantitative estimate of drug-likeness (QED) is 0.733. The van der Waals surface area contributed by atoms with Gasteiger partial charge in [0.15, 0.2) is 0 Å². The Hall–Kier alpha value is -2.23. The Balaban J connectivity index is 1.46. The van der Waals surface area contributed by atoms with Crippen molar-refractivity contribution in [1.29, 1.82) is 0 Å². The first kappa shape index (κ1) is 19.1. The number of carbonyl (C=O) groups is 1. The molecule has 1 amide bonds. The minimum atomic E-state index is -0.466. The van der Waals surface area contributed by atoms with Gasteiger partial charge in [-0.2, -0.15) is 0 Å². The number of alkyl carbamates (subject to hydrolysis) is 1. The van der Waals surface area contributed by atoms with Crippen molar-refractivity contribution in [2.75, 3.05) is 6.61 Å². The zero-order valence-corrected chi connectivity index (χ0v) is 17.4. The van der Waals surface area contributed by atoms with Crippen molar-refractivity contribution in [3.05, 3.63) is 42.0 Å². The van der Waals surface area contributed by atoms with Crippen LogP contribution in [0.15, 0.2) is 36.4 Å². The fourth-order valence-corrected chi connectivity index (χ4v) is 4.54. The van der Waals surface area contributed by atoms with Gasteiger partial charge in [-0.1, -0.05) is 39.0 Å². The molecular formula is C24H31NO3. The molecule has 0 aromatic heterocycles. The van der Waals surface area contributed by atoms with Crippen LogP contribution in [0.5, 0.6) is 5.75 Å². The Labute approximate surface area is 167 Å². The summed E-state index contributed by atoms with van der Waals surface area (Å²) >= 11 is 0. The second-order valence-corrected chi connectivity index (χ2v) is 9.71. The molecule has 0 spiro atoms. The van der Waals surface area contributed by atoms with E-state index in [0.29, 0.717) is 18.1 Å². The van der Waals surface area contributed by atoms with Crippen LogP contribution < -0.4 is 10.1 Å². The maximum Gasteiger partial charge on any atom is 0.408 e. The number of nitrogens with one attached hydrogen (secondary N) is 1. The highest BCUT2D eigenvalue weighted by atomic mass is 16.6. The third-order valence-corrected chi connectivity index (χ3v) is 6.52. The lowest BCUT2D eigenvalue weighted by atomic mass is 9.72. The summed E-state index contributed by atoms with van der Waals surface area (Å²) in [6.45, 7) is 9.39. The SMILES string of the molecule is CC(C)(C)[C@H]1CC[C@@H](Oc2ccc3cc([C@@]4(C)COC(=O)N4)ccc3c2)CC1. The van der Waals surface area contributed by atoms with Crippen LogP contribution in [-0.4, -0.2) is 18.8 Å². The Kier molecular flexibility index (Phi) is 4.76. The lowest BCUT2D eigenvalue weighted by Gasteiger charge is -2.37. The summed E-state index contributed by atoms with van der Waals surface area (Å²) in [5.74, 6) is 1.74. The summed E-state index contributed by atoms with van der Waals surface area (Å²) in [5.41, 5.74) is 0.984. The van der Waals surface area contributed by atoms with Crippen LogP contribution in [0.4, 0.5) is 4.79 Å². The smallest absolute Gasteiger partial charge is 0.408 e. The number of fused-ring (bicyclic) bond motifs is 1. The van der Waals surface area contributed by atoms with E-state index in [4.69, 9.17) is 9.47 Å². The lowest BCUT2D eigenvalue weighted by Crippen LogP contribution is -2.37. The first-order chi connectivity index (χ1) is 13.2. The van der Waals surface area contributed by atoms with Crippen LogP contribution in [0, 0.1) is 11.3 Å². The summed E-state index contributed by atoms with van der Waals surface area (Å²) in [6, 6.07) is 12.6. The van der Waals surface area contributed by atoms with Crippen molar-refractivity contribution in [1.82, 2.24) is 5.32 Å². The summed E-state index contributed by atoms with van der Waals surface area (Å²) in [4.78, 5) is 11.5. The van der Waals surface area contributed by atoms with E-state index in [0.717, 1.165) is 40.8 Å². The number of cyclic esters (lactones) is 1. The minimum Gasteiger partial charge on any atom is -0.490 e. The van der Waals surface area contributed by atoms with Gasteiger partial charge < -0.3 is 14.8 Å². The molecule has 150 valence electrons. The first-order valence-corrected chi connectivity index (χ1v) is 10.4. The fraction of sp³-hybridized carbons (Fsp3) is 0.542. The maximum absolute atomic E-state index is 11.5. The molecule has 2 aromatic rings. The van der Waals surface area contributed by atoms with Crippen molar-refractivity contribution < 1.29 is 14.3 Å². The van der Waals surface area contributed by atoms with Gasteiger partial charge in [-0.25, -0.2) is 4.79 Å². The molecule has 4 nitrogen and oxygen atoms in total. The molecular weight excluding hydrogens is 350 g/mol. The molecule has 1 aliphatic heterocycles. The number of hydrogen-bond acceptors (Lipinski definition) is 3. The van der Waals surface area contributed by atoms with Crippen LogP contribution in [0.25, 0.3) is 10.8 Å². The molecule has 4 heteroatoms. The van der Waals surface area contributed by atoms with E-state index in [1.165, 1.54) is 12.8 Å². The van der Waals surface area contributed by atoms with E-state index in [2.05, 4.69) is 62.5 Å². The number of amides is 1. The van der Waals surface area contributed by atoms with Crippen LogP contribution in [0.3, 0.4) is 0 Å². The van der Waals surface area contributed by atoms with Crippen molar-refractivity contribution in [2.24, 2.45) is 11.3 Å². The van der Waals surface area contributed by atoms with Gasteiger partial charge in [-0.15, -0.1) is 0 Å². The second-order valence-electron chi connectivity index (χ2n) is 9.71. The van der Waals surface area contributed by atoms with Crippen LogP contribution in [0.1, 0.15) is 58.9 Å². The van der Waals surface area contributed by atoms with E-state index in [-0.39, 0.29) is 6.09 Å². The number of ether oxygens (including phenoxy) is 2. The Morgan fingerprint density at radius 3 is 2.36 bits per heavy atom. The summed E-state index contributed by atoms with van der Waals surface area (Å²) < 4.78 is 11.4. The fourth-order valence-electron chi connectivity index (χ4n) is 4.54. The number of benzene rings is 2. The highest BCUT2D eigenvalue weighted by molar-refractivity contribution is 5.85. The van der Waals surface area contributed by atoms with Gasteiger partial charge in [0.25, 0.3) is 0 Å². The average molecular weight is 382 g/mol. The molecule has 2 aromatic carbocycles. The predicted molar refractivity (Wildman–Crippen MR) is 112 cm³/mol. The average Bonchev–Trinajstić information content (AvgIpc) is 3.01. The Bertz CT molecular complexity index is 877. The Morgan fingerprint density at radius 2 is 1.71 bits per heavy atom. The normalized spacial score (nSPS) is 28.1. The molecule has 4 rings (SSSR count). The monoisotopic (exact) mass is 381 g/mol. The van der Waals surface area contributed by atoms with Gasteiger partial charge in [0.05, 0.1) is 11.6 Å². The molecule has 28 heavy (non-hydrogen) atoms. The van der Waals surface area contributed by atoms with Crippen LogP contribution in [0.2, 0.25) is 0 Å². The number of rotatable bonds is 3. The van der Waals surface area contributed by atoms with Gasteiger partial charge in [0.1, 0.15) is 12.4 Å². The molecule has 0 unspecified atom stereocenters. The van der Waals surface area contributed by atoms with Gasteiger partial charge in [0.2, 0.25) is 0 Å².